The Kier molecular flexibility index (Phi) is 12.6. The van der Waals surface area contributed by atoms with Crippen molar-refractivity contribution in [1.82, 2.24) is 9.80 Å². The SMILES string of the molecule is CSCC[C@H](N)C(=O)N(C)C1CCN(Cc2ccccc2)CC1.Cl.Cl. The zero-order valence-corrected chi connectivity index (χ0v) is 17.5. The summed E-state index contributed by atoms with van der Waals surface area (Å²) in [4.78, 5) is 16.8. The molecule has 1 atom stereocenters. The van der Waals surface area contributed by atoms with Crippen molar-refractivity contribution in [3.05, 3.63) is 35.9 Å². The van der Waals surface area contributed by atoms with Crippen molar-refractivity contribution in [3.63, 3.8) is 0 Å². The van der Waals surface area contributed by atoms with Crippen molar-refractivity contribution in [2.24, 2.45) is 5.73 Å². The lowest BCUT2D eigenvalue weighted by Gasteiger charge is -2.37. The topological polar surface area (TPSA) is 49.6 Å². The van der Waals surface area contributed by atoms with Gasteiger partial charge in [-0.15, -0.1) is 24.8 Å². The average Bonchev–Trinajstić information content (AvgIpc) is 2.60. The number of hydrogen-bond acceptors (Lipinski definition) is 4. The molecule has 4 nitrogen and oxygen atoms in total. The van der Waals surface area contributed by atoms with Crippen molar-refractivity contribution >= 4 is 42.5 Å². The number of likely N-dealkylation sites (N-methyl/N-ethyl adjacent to an activating group) is 1. The number of likely N-dealkylation sites (tertiary alicyclic amines) is 1. The van der Waals surface area contributed by atoms with E-state index in [4.69, 9.17) is 5.73 Å². The highest BCUT2D eigenvalue weighted by atomic mass is 35.5. The van der Waals surface area contributed by atoms with Gasteiger partial charge in [0.25, 0.3) is 0 Å². The minimum absolute atomic E-state index is 0. The number of carbonyl (C=O) groups excluding carboxylic acids is 1. The van der Waals surface area contributed by atoms with Gasteiger partial charge in [-0.05, 0) is 36.8 Å². The van der Waals surface area contributed by atoms with E-state index in [-0.39, 0.29) is 36.8 Å². The van der Waals surface area contributed by atoms with Crippen LogP contribution in [0, 0.1) is 0 Å². The molecule has 0 radical (unpaired) electrons. The third kappa shape index (κ3) is 7.75. The van der Waals surface area contributed by atoms with Crippen LogP contribution in [0.4, 0.5) is 0 Å². The Balaban J connectivity index is 0.00000288. The monoisotopic (exact) mass is 407 g/mol. The van der Waals surface area contributed by atoms with Crippen LogP contribution in [-0.2, 0) is 11.3 Å². The van der Waals surface area contributed by atoms with E-state index in [1.165, 1.54) is 5.56 Å². The molecule has 0 spiro atoms. The van der Waals surface area contributed by atoms with Gasteiger partial charge in [0.2, 0.25) is 5.91 Å². The molecular weight excluding hydrogens is 377 g/mol. The number of thioether (sulfide) groups is 1. The molecule has 25 heavy (non-hydrogen) atoms. The summed E-state index contributed by atoms with van der Waals surface area (Å²) in [7, 11) is 1.92. The molecule has 1 heterocycles. The molecule has 0 aliphatic carbocycles. The number of rotatable bonds is 7. The summed E-state index contributed by atoms with van der Waals surface area (Å²) >= 11 is 1.74. The Hall–Kier alpha value is -0.460. The van der Waals surface area contributed by atoms with Gasteiger partial charge < -0.3 is 10.6 Å². The minimum atomic E-state index is -0.352. The van der Waals surface area contributed by atoms with E-state index in [2.05, 4.69) is 35.2 Å². The molecule has 7 heteroatoms. The van der Waals surface area contributed by atoms with E-state index in [0.717, 1.165) is 44.6 Å². The quantitative estimate of drug-likeness (QED) is 0.754. The molecule has 1 amide bonds. The highest BCUT2D eigenvalue weighted by molar-refractivity contribution is 7.98. The van der Waals surface area contributed by atoms with Crippen molar-refractivity contribution < 1.29 is 4.79 Å². The van der Waals surface area contributed by atoms with Crippen LogP contribution < -0.4 is 5.73 Å². The zero-order chi connectivity index (χ0) is 16.7. The third-order valence-electron chi connectivity index (χ3n) is 4.65. The first-order valence-corrected chi connectivity index (χ1v) is 9.78. The first-order valence-electron chi connectivity index (χ1n) is 8.39. The maximum atomic E-state index is 12.4. The predicted octanol–water partition coefficient (Wildman–Crippen LogP) is 3.03. The van der Waals surface area contributed by atoms with E-state index in [1.807, 2.05) is 18.2 Å². The fourth-order valence-electron chi connectivity index (χ4n) is 3.12. The fraction of sp³-hybridized carbons (Fsp3) is 0.611. The maximum Gasteiger partial charge on any atom is 0.239 e. The van der Waals surface area contributed by atoms with Crippen LogP contribution in [-0.4, -0.2) is 59.9 Å². The second-order valence-electron chi connectivity index (χ2n) is 6.33. The van der Waals surface area contributed by atoms with Gasteiger partial charge in [0.15, 0.2) is 0 Å². The third-order valence-corrected chi connectivity index (χ3v) is 5.30. The van der Waals surface area contributed by atoms with Gasteiger partial charge in [-0.25, -0.2) is 0 Å². The number of carbonyl (C=O) groups is 1. The molecule has 1 aliphatic heterocycles. The van der Waals surface area contributed by atoms with Gasteiger partial charge in [0.1, 0.15) is 0 Å². The lowest BCUT2D eigenvalue weighted by molar-refractivity contribution is -0.134. The van der Waals surface area contributed by atoms with Gasteiger partial charge in [-0.1, -0.05) is 30.3 Å². The predicted molar refractivity (Wildman–Crippen MR) is 113 cm³/mol. The minimum Gasteiger partial charge on any atom is -0.341 e. The van der Waals surface area contributed by atoms with E-state index < -0.39 is 0 Å². The Labute approximate surface area is 168 Å². The molecule has 1 saturated heterocycles. The molecule has 1 fully saturated rings. The summed E-state index contributed by atoms with van der Waals surface area (Å²) in [6.45, 7) is 3.08. The summed E-state index contributed by atoms with van der Waals surface area (Å²) in [5, 5.41) is 0. The van der Waals surface area contributed by atoms with Crippen LogP contribution >= 0.6 is 36.6 Å². The van der Waals surface area contributed by atoms with E-state index >= 15 is 0 Å². The number of benzene rings is 1. The molecule has 0 aromatic heterocycles. The molecule has 1 aromatic carbocycles. The number of nitrogens with two attached hydrogens (primary N) is 1. The van der Waals surface area contributed by atoms with Gasteiger partial charge in [-0.3, -0.25) is 9.69 Å². The molecule has 2 rings (SSSR count). The van der Waals surface area contributed by atoms with Crippen LogP contribution in [0.15, 0.2) is 30.3 Å². The van der Waals surface area contributed by atoms with Crippen LogP contribution in [0.3, 0.4) is 0 Å². The van der Waals surface area contributed by atoms with Crippen LogP contribution in [0.25, 0.3) is 0 Å². The molecule has 0 saturated carbocycles. The maximum absolute atomic E-state index is 12.4. The number of amides is 1. The molecule has 1 aliphatic rings. The standard InChI is InChI=1S/C18H29N3OS.2ClH/c1-20(18(22)17(19)10-13-23-2)16-8-11-21(12-9-16)14-15-6-4-3-5-7-15;;/h3-7,16-17H,8-14,19H2,1-2H3;2*1H/t17-;;/m0../s1. The molecular formula is C18H31Cl2N3OS. The Morgan fingerprint density at radius 2 is 1.88 bits per heavy atom. The van der Waals surface area contributed by atoms with Gasteiger partial charge in [0, 0.05) is 32.7 Å². The second-order valence-corrected chi connectivity index (χ2v) is 7.32. The Morgan fingerprint density at radius 3 is 2.44 bits per heavy atom. The van der Waals surface area contributed by atoms with E-state index in [9.17, 15) is 4.79 Å². The van der Waals surface area contributed by atoms with Gasteiger partial charge in [-0.2, -0.15) is 11.8 Å². The molecule has 144 valence electrons. The highest BCUT2D eigenvalue weighted by Crippen LogP contribution is 2.18. The largest absolute Gasteiger partial charge is 0.341 e. The Bertz CT molecular complexity index is 484. The molecule has 0 unspecified atom stereocenters. The smallest absolute Gasteiger partial charge is 0.239 e. The van der Waals surface area contributed by atoms with Crippen molar-refractivity contribution in [2.45, 2.75) is 37.9 Å². The number of halogens is 2. The Morgan fingerprint density at radius 1 is 1.28 bits per heavy atom. The summed E-state index contributed by atoms with van der Waals surface area (Å²) in [5.74, 6) is 1.04. The zero-order valence-electron chi connectivity index (χ0n) is 15.1. The first-order chi connectivity index (χ1) is 11.1. The molecule has 1 aromatic rings. The van der Waals surface area contributed by atoms with Gasteiger partial charge in [0.05, 0.1) is 6.04 Å². The second kappa shape index (κ2) is 12.8. The molecule has 0 bridgehead atoms. The number of nitrogens with zero attached hydrogens (tertiary/aromatic N) is 2. The van der Waals surface area contributed by atoms with Gasteiger partial charge >= 0.3 is 0 Å². The molecule has 2 N–H and O–H groups in total. The van der Waals surface area contributed by atoms with Crippen molar-refractivity contribution in [3.8, 4) is 0 Å². The van der Waals surface area contributed by atoms with Crippen LogP contribution in [0.2, 0.25) is 0 Å². The van der Waals surface area contributed by atoms with E-state index in [1.54, 1.807) is 11.8 Å². The average molecular weight is 408 g/mol. The van der Waals surface area contributed by atoms with Crippen molar-refractivity contribution in [2.75, 3.05) is 32.1 Å². The van der Waals surface area contributed by atoms with Crippen LogP contribution in [0.1, 0.15) is 24.8 Å². The summed E-state index contributed by atoms with van der Waals surface area (Å²) < 4.78 is 0. The normalized spacial score (nSPS) is 16.4. The fourth-order valence-corrected chi connectivity index (χ4v) is 3.61. The number of piperidine rings is 1. The summed E-state index contributed by atoms with van der Waals surface area (Å²) in [6, 6.07) is 10.6. The number of hydrogen-bond donors (Lipinski definition) is 1. The summed E-state index contributed by atoms with van der Waals surface area (Å²) in [5.41, 5.74) is 7.38. The lowest BCUT2D eigenvalue weighted by atomic mass is 10.0. The summed E-state index contributed by atoms with van der Waals surface area (Å²) in [6.07, 6.45) is 4.87. The van der Waals surface area contributed by atoms with E-state index in [0.29, 0.717) is 6.04 Å². The first kappa shape index (κ1) is 24.5. The lowest BCUT2D eigenvalue weighted by Crippen LogP contribution is -2.50. The van der Waals surface area contributed by atoms with Crippen molar-refractivity contribution in [1.29, 1.82) is 0 Å². The highest BCUT2D eigenvalue weighted by Gasteiger charge is 2.27. The van der Waals surface area contributed by atoms with Crippen LogP contribution in [0.5, 0.6) is 0 Å².